The number of nitro groups is 1. The van der Waals surface area contributed by atoms with Gasteiger partial charge < -0.3 is 5.32 Å². The summed E-state index contributed by atoms with van der Waals surface area (Å²) < 4.78 is 13.8. The first-order valence-electron chi connectivity index (χ1n) is 6.13. The summed E-state index contributed by atoms with van der Waals surface area (Å²) in [6.07, 6.45) is 7.13. The molecule has 0 aromatic heterocycles. The van der Waals surface area contributed by atoms with Gasteiger partial charge in [-0.1, -0.05) is 0 Å². The number of amides is 1. The van der Waals surface area contributed by atoms with Gasteiger partial charge in [-0.3, -0.25) is 14.9 Å². The highest BCUT2D eigenvalue weighted by molar-refractivity contribution is 5.95. The Morgan fingerprint density at radius 2 is 2.20 bits per heavy atom. The minimum absolute atomic E-state index is 0.0664. The van der Waals surface area contributed by atoms with Crippen molar-refractivity contribution < 1.29 is 14.1 Å². The maximum Gasteiger partial charge on any atom is 0.270 e. The molecule has 20 heavy (non-hydrogen) atoms. The van der Waals surface area contributed by atoms with Gasteiger partial charge in [0.15, 0.2) is 0 Å². The molecule has 0 heterocycles. The van der Waals surface area contributed by atoms with Gasteiger partial charge in [-0.2, -0.15) is 0 Å². The topological polar surface area (TPSA) is 72.2 Å². The van der Waals surface area contributed by atoms with Crippen LogP contribution in [0.15, 0.2) is 12.1 Å². The highest BCUT2D eigenvalue weighted by atomic mass is 19.1. The van der Waals surface area contributed by atoms with Crippen molar-refractivity contribution in [3.05, 3.63) is 39.2 Å². The number of nitrogens with one attached hydrogen (secondary N) is 1. The van der Waals surface area contributed by atoms with E-state index in [4.69, 9.17) is 6.42 Å². The molecule has 5 nitrogen and oxygen atoms in total. The van der Waals surface area contributed by atoms with E-state index in [2.05, 4.69) is 11.2 Å². The Bertz CT molecular complexity index is 564. The number of hydrogen-bond donors (Lipinski definition) is 1. The van der Waals surface area contributed by atoms with Gasteiger partial charge in [0, 0.05) is 25.1 Å². The second-order valence-electron chi connectivity index (χ2n) is 4.30. The number of unbranched alkanes of at least 4 members (excludes halogenated alkanes) is 2. The smallest absolute Gasteiger partial charge is 0.270 e. The number of rotatable bonds is 6. The number of carbonyl (C=O) groups is 1. The molecule has 1 rings (SSSR count). The molecular weight excluding hydrogens is 263 g/mol. The van der Waals surface area contributed by atoms with E-state index in [9.17, 15) is 19.3 Å². The van der Waals surface area contributed by atoms with Crippen LogP contribution in [0.3, 0.4) is 0 Å². The summed E-state index contributed by atoms with van der Waals surface area (Å²) in [5.41, 5.74) is -0.549. The number of carbonyl (C=O) groups excluding carboxylic acids is 1. The Labute approximate surface area is 116 Å². The minimum atomic E-state index is -0.739. The molecule has 106 valence electrons. The van der Waals surface area contributed by atoms with Gasteiger partial charge in [0.1, 0.15) is 5.82 Å². The van der Waals surface area contributed by atoms with Gasteiger partial charge in [-0.05, 0) is 25.3 Å². The van der Waals surface area contributed by atoms with Crippen LogP contribution in [0.1, 0.15) is 35.2 Å². The summed E-state index contributed by atoms with van der Waals surface area (Å²) in [6, 6.07) is 2.04. The summed E-state index contributed by atoms with van der Waals surface area (Å²) in [4.78, 5) is 21.9. The predicted molar refractivity (Wildman–Crippen MR) is 72.8 cm³/mol. The Kier molecular flexibility index (Phi) is 5.66. The number of aryl methyl sites for hydroxylation is 1. The van der Waals surface area contributed by atoms with E-state index in [0.717, 1.165) is 18.6 Å². The first kappa shape index (κ1) is 15.6. The van der Waals surface area contributed by atoms with E-state index in [-0.39, 0.29) is 16.8 Å². The van der Waals surface area contributed by atoms with Gasteiger partial charge in [-0.15, -0.1) is 12.3 Å². The molecule has 1 aromatic rings. The zero-order chi connectivity index (χ0) is 15.1. The Morgan fingerprint density at radius 3 is 2.80 bits per heavy atom. The molecular formula is C14H15FN2O3. The van der Waals surface area contributed by atoms with Crippen molar-refractivity contribution >= 4 is 11.6 Å². The number of nitrogens with zero attached hydrogens (tertiary/aromatic N) is 1. The fourth-order valence-corrected chi connectivity index (χ4v) is 1.67. The van der Waals surface area contributed by atoms with E-state index in [1.807, 2.05) is 0 Å². The van der Waals surface area contributed by atoms with E-state index in [1.54, 1.807) is 0 Å². The molecule has 0 aliphatic rings. The van der Waals surface area contributed by atoms with Crippen molar-refractivity contribution in [3.8, 4) is 12.3 Å². The van der Waals surface area contributed by atoms with Crippen LogP contribution in [0.5, 0.6) is 0 Å². The van der Waals surface area contributed by atoms with E-state index in [1.165, 1.54) is 6.92 Å². The quantitative estimate of drug-likeness (QED) is 0.376. The van der Waals surface area contributed by atoms with Crippen molar-refractivity contribution in [2.24, 2.45) is 0 Å². The van der Waals surface area contributed by atoms with E-state index < -0.39 is 16.6 Å². The average Bonchev–Trinajstić information content (AvgIpc) is 2.41. The van der Waals surface area contributed by atoms with Crippen LogP contribution in [0.25, 0.3) is 0 Å². The van der Waals surface area contributed by atoms with Crippen molar-refractivity contribution in [1.29, 1.82) is 0 Å². The highest BCUT2D eigenvalue weighted by Gasteiger charge is 2.19. The molecule has 0 unspecified atom stereocenters. The number of benzene rings is 1. The molecule has 0 saturated carbocycles. The standard InChI is InChI=1S/C14H15FN2O3/c1-3-4-5-6-7-16-14(18)12-9-11(17(19)20)8-10(2)13(12)15/h1,8-9H,4-7H2,2H3,(H,16,18). The third kappa shape index (κ3) is 4.05. The molecule has 0 atom stereocenters. The lowest BCUT2D eigenvalue weighted by molar-refractivity contribution is -0.385. The molecule has 0 aliphatic heterocycles. The molecule has 1 amide bonds. The lowest BCUT2D eigenvalue weighted by Crippen LogP contribution is -2.25. The zero-order valence-corrected chi connectivity index (χ0v) is 11.1. The normalized spacial score (nSPS) is 9.85. The summed E-state index contributed by atoms with van der Waals surface area (Å²) in [5.74, 6) is 1.08. The predicted octanol–water partition coefficient (Wildman–Crippen LogP) is 2.58. The summed E-state index contributed by atoms with van der Waals surface area (Å²) >= 11 is 0. The lowest BCUT2D eigenvalue weighted by atomic mass is 10.1. The third-order valence-corrected chi connectivity index (χ3v) is 2.73. The molecule has 0 bridgehead atoms. The van der Waals surface area contributed by atoms with Crippen LogP contribution < -0.4 is 5.32 Å². The van der Waals surface area contributed by atoms with Crippen molar-refractivity contribution in [1.82, 2.24) is 5.32 Å². The first-order valence-corrected chi connectivity index (χ1v) is 6.13. The summed E-state index contributed by atoms with van der Waals surface area (Å²) in [7, 11) is 0. The molecule has 0 radical (unpaired) electrons. The van der Waals surface area contributed by atoms with Gasteiger partial charge >= 0.3 is 0 Å². The molecule has 1 N–H and O–H groups in total. The Hall–Kier alpha value is -2.42. The van der Waals surface area contributed by atoms with Crippen molar-refractivity contribution in [2.45, 2.75) is 26.2 Å². The van der Waals surface area contributed by atoms with E-state index >= 15 is 0 Å². The largest absolute Gasteiger partial charge is 0.352 e. The first-order chi connectivity index (χ1) is 9.47. The molecule has 6 heteroatoms. The molecule has 0 saturated heterocycles. The zero-order valence-electron chi connectivity index (χ0n) is 11.1. The number of nitro benzene ring substituents is 1. The Morgan fingerprint density at radius 1 is 1.50 bits per heavy atom. The molecule has 0 fully saturated rings. The number of terminal acetylenes is 1. The van der Waals surface area contributed by atoms with Crippen LogP contribution in [-0.4, -0.2) is 17.4 Å². The van der Waals surface area contributed by atoms with Gasteiger partial charge in [0.2, 0.25) is 0 Å². The average molecular weight is 278 g/mol. The van der Waals surface area contributed by atoms with Gasteiger partial charge in [-0.25, -0.2) is 4.39 Å². The maximum absolute atomic E-state index is 13.8. The highest BCUT2D eigenvalue weighted by Crippen LogP contribution is 2.20. The number of halogens is 1. The lowest BCUT2D eigenvalue weighted by Gasteiger charge is -2.07. The molecule has 1 aromatic carbocycles. The summed E-state index contributed by atoms with van der Waals surface area (Å²) in [6.45, 7) is 1.73. The molecule has 0 spiro atoms. The van der Waals surface area contributed by atoms with Crippen molar-refractivity contribution in [2.75, 3.05) is 6.54 Å². The third-order valence-electron chi connectivity index (χ3n) is 2.73. The SMILES string of the molecule is C#CCCCCNC(=O)c1cc([N+](=O)[O-])cc(C)c1F. The minimum Gasteiger partial charge on any atom is -0.352 e. The second kappa shape index (κ2) is 7.24. The van der Waals surface area contributed by atoms with Gasteiger partial charge in [0.05, 0.1) is 10.5 Å². The van der Waals surface area contributed by atoms with Crippen molar-refractivity contribution in [3.63, 3.8) is 0 Å². The van der Waals surface area contributed by atoms with Crippen LogP contribution in [0.4, 0.5) is 10.1 Å². The van der Waals surface area contributed by atoms with Crippen LogP contribution in [-0.2, 0) is 0 Å². The number of non-ortho nitro benzene ring substituents is 1. The fourth-order valence-electron chi connectivity index (χ4n) is 1.67. The fraction of sp³-hybridized carbons (Fsp3) is 0.357. The molecule has 0 aliphatic carbocycles. The second-order valence-corrected chi connectivity index (χ2v) is 4.30. The Balaban J connectivity index is 2.77. The maximum atomic E-state index is 13.8. The number of hydrogen-bond acceptors (Lipinski definition) is 3. The van der Waals surface area contributed by atoms with Gasteiger partial charge in [0.25, 0.3) is 11.6 Å². The van der Waals surface area contributed by atoms with Crippen LogP contribution in [0.2, 0.25) is 0 Å². The van der Waals surface area contributed by atoms with Crippen LogP contribution in [0, 0.1) is 35.2 Å². The summed E-state index contributed by atoms with van der Waals surface area (Å²) in [5, 5.41) is 13.2. The van der Waals surface area contributed by atoms with E-state index in [0.29, 0.717) is 19.4 Å². The monoisotopic (exact) mass is 278 g/mol. The van der Waals surface area contributed by atoms with Crippen LogP contribution >= 0.6 is 0 Å².